The minimum atomic E-state index is -1.37. The van der Waals surface area contributed by atoms with Gasteiger partial charge in [-0.2, -0.15) is 5.10 Å². The maximum absolute atomic E-state index is 11.6. The number of aliphatic carboxylic acids is 1. The molecule has 2 N–H and O–H groups in total. The first kappa shape index (κ1) is 12.3. The van der Waals surface area contributed by atoms with Gasteiger partial charge in [0.2, 0.25) is 0 Å². The van der Waals surface area contributed by atoms with Crippen molar-refractivity contribution < 1.29 is 15.0 Å². The lowest BCUT2D eigenvalue weighted by Gasteiger charge is -2.27. The van der Waals surface area contributed by atoms with Crippen molar-refractivity contribution in [1.82, 2.24) is 9.78 Å². The number of aliphatic hydroxyl groups is 1. The van der Waals surface area contributed by atoms with Crippen molar-refractivity contribution in [1.29, 1.82) is 0 Å². The van der Waals surface area contributed by atoms with E-state index in [-0.39, 0.29) is 6.54 Å². The quantitative estimate of drug-likeness (QED) is 0.821. The molecule has 0 aliphatic rings. The number of nitrogens with zero attached hydrogens (tertiary/aromatic N) is 2. The van der Waals surface area contributed by atoms with Gasteiger partial charge in [0.05, 0.1) is 13.2 Å². The summed E-state index contributed by atoms with van der Waals surface area (Å²) in [4.78, 5) is 11.6. The second-order valence-electron chi connectivity index (χ2n) is 4.12. The van der Waals surface area contributed by atoms with E-state index in [1.807, 2.05) is 0 Å². The fourth-order valence-electron chi connectivity index (χ4n) is 1.92. The Hall–Kier alpha value is -2.14. The zero-order chi connectivity index (χ0) is 13.0. The molecule has 1 atom stereocenters. The average molecular weight is 246 g/mol. The van der Waals surface area contributed by atoms with Crippen molar-refractivity contribution in [2.45, 2.75) is 12.0 Å². The number of carboxylic acids is 1. The van der Waals surface area contributed by atoms with E-state index >= 15 is 0 Å². The van der Waals surface area contributed by atoms with Gasteiger partial charge in [0, 0.05) is 12.4 Å². The third kappa shape index (κ3) is 2.12. The molecule has 18 heavy (non-hydrogen) atoms. The van der Waals surface area contributed by atoms with E-state index in [1.165, 1.54) is 4.68 Å². The summed E-state index contributed by atoms with van der Waals surface area (Å²) in [5, 5.41) is 23.1. The molecule has 1 aromatic heterocycles. The van der Waals surface area contributed by atoms with Crippen LogP contribution in [0.4, 0.5) is 0 Å². The van der Waals surface area contributed by atoms with Crippen LogP contribution in [0.2, 0.25) is 0 Å². The summed E-state index contributed by atoms with van der Waals surface area (Å²) in [7, 11) is 0. The molecule has 0 aliphatic carbocycles. The number of benzene rings is 1. The van der Waals surface area contributed by atoms with Crippen LogP contribution in [0.1, 0.15) is 5.56 Å². The van der Waals surface area contributed by atoms with Crippen LogP contribution in [0.5, 0.6) is 0 Å². The van der Waals surface area contributed by atoms with Gasteiger partial charge in [-0.3, -0.25) is 9.48 Å². The highest BCUT2D eigenvalue weighted by Crippen LogP contribution is 2.26. The number of aliphatic hydroxyl groups excluding tert-OH is 1. The van der Waals surface area contributed by atoms with Gasteiger partial charge in [-0.05, 0) is 11.6 Å². The molecular formula is C13H14N2O3. The molecular weight excluding hydrogens is 232 g/mol. The van der Waals surface area contributed by atoms with E-state index in [0.29, 0.717) is 5.56 Å². The van der Waals surface area contributed by atoms with Crippen LogP contribution in [0, 0.1) is 0 Å². The number of carbonyl (C=O) groups is 1. The van der Waals surface area contributed by atoms with Crippen LogP contribution in [-0.4, -0.2) is 32.6 Å². The first-order valence-corrected chi connectivity index (χ1v) is 5.56. The van der Waals surface area contributed by atoms with Crippen molar-refractivity contribution >= 4 is 5.97 Å². The van der Waals surface area contributed by atoms with Gasteiger partial charge < -0.3 is 10.2 Å². The summed E-state index contributed by atoms with van der Waals surface area (Å²) in [6, 6.07) is 10.4. The van der Waals surface area contributed by atoms with E-state index in [1.54, 1.807) is 48.8 Å². The highest BCUT2D eigenvalue weighted by atomic mass is 16.4. The fraction of sp³-hybridized carbons (Fsp3) is 0.231. The summed E-state index contributed by atoms with van der Waals surface area (Å²) in [5.74, 6) is -1.06. The van der Waals surface area contributed by atoms with Gasteiger partial charge in [-0.1, -0.05) is 30.3 Å². The molecule has 0 unspecified atom stereocenters. The molecule has 2 aromatic rings. The lowest BCUT2D eigenvalue weighted by atomic mass is 9.81. The predicted molar refractivity (Wildman–Crippen MR) is 65.1 cm³/mol. The summed E-state index contributed by atoms with van der Waals surface area (Å²) in [5.41, 5.74) is -0.802. The zero-order valence-electron chi connectivity index (χ0n) is 9.73. The number of aromatic nitrogens is 2. The molecule has 0 fully saturated rings. The van der Waals surface area contributed by atoms with Gasteiger partial charge in [-0.25, -0.2) is 0 Å². The van der Waals surface area contributed by atoms with Crippen molar-refractivity contribution in [3.8, 4) is 0 Å². The molecule has 0 spiro atoms. The van der Waals surface area contributed by atoms with Crippen LogP contribution in [0.15, 0.2) is 48.8 Å². The molecule has 94 valence electrons. The highest BCUT2D eigenvalue weighted by molar-refractivity contribution is 5.81. The van der Waals surface area contributed by atoms with Crippen molar-refractivity contribution in [3.05, 3.63) is 54.4 Å². The second-order valence-corrected chi connectivity index (χ2v) is 4.12. The third-order valence-electron chi connectivity index (χ3n) is 3.00. The predicted octanol–water partition coefficient (Wildman–Crippen LogP) is 0.898. The largest absolute Gasteiger partial charge is 0.480 e. The Morgan fingerprint density at radius 3 is 2.50 bits per heavy atom. The monoisotopic (exact) mass is 246 g/mol. The maximum atomic E-state index is 11.6. The molecule has 5 nitrogen and oxygen atoms in total. The minimum Gasteiger partial charge on any atom is -0.480 e. The Balaban J connectivity index is 2.43. The molecule has 0 saturated heterocycles. The number of rotatable bonds is 5. The smallest absolute Gasteiger partial charge is 0.318 e. The molecule has 1 heterocycles. The highest BCUT2D eigenvalue weighted by Gasteiger charge is 2.40. The normalized spacial score (nSPS) is 14.1. The minimum absolute atomic E-state index is 0.0931. The Kier molecular flexibility index (Phi) is 3.43. The average Bonchev–Trinajstić information content (AvgIpc) is 2.89. The third-order valence-corrected chi connectivity index (χ3v) is 3.00. The summed E-state index contributed by atoms with van der Waals surface area (Å²) in [6.07, 6.45) is 3.26. The second kappa shape index (κ2) is 5.01. The van der Waals surface area contributed by atoms with E-state index in [0.717, 1.165) is 0 Å². The molecule has 1 aromatic carbocycles. The van der Waals surface area contributed by atoms with Crippen molar-refractivity contribution in [2.75, 3.05) is 6.61 Å². The zero-order valence-corrected chi connectivity index (χ0v) is 9.73. The molecule has 0 radical (unpaired) electrons. The Labute approximate surface area is 104 Å². The van der Waals surface area contributed by atoms with Gasteiger partial charge in [0.25, 0.3) is 0 Å². The van der Waals surface area contributed by atoms with Crippen LogP contribution in [0.25, 0.3) is 0 Å². The standard InChI is InChI=1S/C13H14N2O3/c16-10-13(12(17)18,9-15-8-4-7-14-15)11-5-2-1-3-6-11/h1-8,16H,9-10H2,(H,17,18)/t13-/m0/s1. The van der Waals surface area contributed by atoms with Gasteiger partial charge in [-0.15, -0.1) is 0 Å². The van der Waals surface area contributed by atoms with E-state index < -0.39 is 18.0 Å². The topological polar surface area (TPSA) is 75.3 Å². The molecule has 0 aliphatic heterocycles. The van der Waals surface area contributed by atoms with Crippen molar-refractivity contribution in [3.63, 3.8) is 0 Å². The number of carboxylic acid groups (broad SMARTS) is 1. The van der Waals surface area contributed by atoms with Crippen molar-refractivity contribution in [2.24, 2.45) is 0 Å². The van der Waals surface area contributed by atoms with Gasteiger partial charge in [0.1, 0.15) is 5.41 Å². The van der Waals surface area contributed by atoms with Crippen LogP contribution in [0.3, 0.4) is 0 Å². The summed E-state index contributed by atoms with van der Waals surface area (Å²) < 4.78 is 1.51. The van der Waals surface area contributed by atoms with Crippen LogP contribution in [-0.2, 0) is 16.8 Å². The van der Waals surface area contributed by atoms with Crippen LogP contribution >= 0.6 is 0 Å². The lowest BCUT2D eigenvalue weighted by molar-refractivity contribution is -0.146. The van der Waals surface area contributed by atoms with Gasteiger partial charge >= 0.3 is 5.97 Å². The van der Waals surface area contributed by atoms with E-state index in [4.69, 9.17) is 0 Å². The summed E-state index contributed by atoms with van der Waals surface area (Å²) >= 11 is 0. The molecule has 0 amide bonds. The lowest BCUT2D eigenvalue weighted by Crippen LogP contribution is -2.43. The molecule has 2 rings (SSSR count). The molecule has 0 saturated carbocycles. The Morgan fingerprint density at radius 2 is 2.00 bits per heavy atom. The fourth-order valence-corrected chi connectivity index (χ4v) is 1.92. The van der Waals surface area contributed by atoms with E-state index in [9.17, 15) is 15.0 Å². The van der Waals surface area contributed by atoms with E-state index in [2.05, 4.69) is 5.10 Å². The van der Waals surface area contributed by atoms with Crippen LogP contribution < -0.4 is 0 Å². The molecule has 0 bridgehead atoms. The SMILES string of the molecule is O=C(O)[C@](CO)(Cn1cccn1)c1ccccc1. The maximum Gasteiger partial charge on any atom is 0.318 e. The number of hydrogen-bond acceptors (Lipinski definition) is 3. The first-order valence-electron chi connectivity index (χ1n) is 5.56. The van der Waals surface area contributed by atoms with Gasteiger partial charge in [0.15, 0.2) is 0 Å². The summed E-state index contributed by atoms with van der Waals surface area (Å²) in [6.45, 7) is -0.387. The number of hydrogen-bond donors (Lipinski definition) is 2. The Bertz CT molecular complexity index is 510. The first-order chi connectivity index (χ1) is 8.69. The Morgan fingerprint density at radius 1 is 1.28 bits per heavy atom. The molecule has 5 heteroatoms.